The summed E-state index contributed by atoms with van der Waals surface area (Å²) in [5.74, 6) is -4.72. The minimum absolute atomic E-state index is 0.109. The smallest absolute Gasteiger partial charge is 0.318 e. The number of unbranched alkanes of at least 4 members (excludes halogenated alkanes) is 1. The fourth-order valence-corrected chi connectivity index (χ4v) is 9.60. The first-order valence-electron chi connectivity index (χ1n) is 20.9. The number of nitrogens with zero attached hydrogens (tertiary/aromatic N) is 5. The molecule has 3 fully saturated rings. The fraction of sp³-hybridized carbons (Fsp3) is 0.721. The molecule has 2 aromatic heterocycles. The number of cyclic esters (lactones) is 1. The normalized spacial score (nSPS) is 36.7. The van der Waals surface area contributed by atoms with Crippen molar-refractivity contribution in [1.29, 1.82) is 0 Å². The van der Waals surface area contributed by atoms with Crippen LogP contribution in [-0.2, 0) is 39.9 Å². The number of nitrogens with one attached hydrogen (secondary N) is 1. The number of urea groups is 1. The number of carbonyl (C=O) groups is 4. The predicted octanol–water partition coefficient (Wildman–Crippen LogP) is 4.50. The van der Waals surface area contributed by atoms with E-state index in [-0.39, 0.29) is 30.4 Å². The Kier molecular flexibility index (Phi) is 14.6. The van der Waals surface area contributed by atoms with Crippen molar-refractivity contribution < 1.29 is 43.2 Å². The van der Waals surface area contributed by atoms with E-state index in [0.29, 0.717) is 32.4 Å². The lowest BCUT2D eigenvalue weighted by Gasteiger charge is -2.47. The summed E-state index contributed by atoms with van der Waals surface area (Å²) in [6.45, 7) is 15.3. The first-order valence-corrected chi connectivity index (χ1v) is 20.9. The Morgan fingerprint density at radius 2 is 1.74 bits per heavy atom. The van der Waals surface area contributed by atoms with Gasteiger partial charge in [0.05, 0.1) is 41.4 Å². The van der Waals surface area contributed by atoms with Crippen LogP contribution in [0, 0.1) is 23.7 Å². The third-order valence-electron chi connectivity index (χ3n) is 13.0. The number of ketones is 2. The quantitative estimate of drug-likeness (QED) is 0.185. The summed E-state index contributed by atoms with van der Waals surface area (Å²) < 4.78 is 27.2. The zero-order valence-corrected chi connectivity index (χ0v) is 36.2. The van der Waals surface area contributed by atoms with Crippen molar-refractivity contribution in [2.24, 2.45) is 23.7 Å². The number of esters is 1. The number of hydrogen-bond donors (Lipinski definition) is 2. The molecule has 322 valence electrons. The monoisotopic (exact) mass is 810 g/mol. The molecule has 0 saturated carbocycles. The van der Waals surface area contributed by atoms with Gasteiger partial charge in [0.2, 0.25) is 0 Å². The van der Waals surface area contributed by atoms with Crippen LogP contribution < -0.4 is 5.32 Å². The number of ether oxygens (including phenoxy) is 4. The van der Waals surface area contributed by atoms with Crippen LogP contribution in [-0.4, -0.2) is 135 Å². The van der Waals surface area contributed by atoms with Crippen molar-refractivity contribution in [1.82, 2.24) is 29.7 Å². The number of amides is 2. The highest BCUT2D eigenvalue weighted by molar-refractivity contribution is 6.00. The van der Waals surface area contributed by atoms with Crippen molar-refractivity contribution in [3.63, 3.8) is 0 Å². The number of aliphatic hydroxyl groups is 1. The summed E-state index contributed by atoms with van der Waals surface area (Å²) >= 11 is 0. The minimum atomic E-state index is -1.25. The number of pyridine rings is 1. The number of methoxy groups -OCH3 is 1. The number of carbonyl (C=O) groups excluding carboxylic acids is 4. The molecule has 0 bridgehead atoms. The van der Waals surface area contributed by atoms with Gasteiger partial charge < -0.3 is 43.7 Å². The van der Waals surface area contributed by atoms with E-state index in [1.54, 1.807) is 37.5 Å². The van der Waals surface area contributed by atoms with Gasteiger partial charge in [0.1, 0.15) is 23.9 Å². The van der Waals surface area contributed by atoms with Gasteiger partial charge >= 0.3 is 12.0 Å². The Morgan fingerprint density at radius 3 is 2.38 bits per heavy atom. The van der Waals surface area contributed by atoms with Crippen molar-refractivity contribution in [2.45, 2.75) is 148 Å². The van der Waals surface area contributed by atoms with E-state index >= 15 is 0 Å². The summed E-state index contributed by atoms with van der Waals surface area (Å²) in [6, 6.07) is 2.53. The fourth-order valence-electron chi connectivity index (χ4n) is 9.60. The van der Waals surface area contributed by atoms with Crippen LogP contribution in [0.3, 0.4) is 0 Å². The molecule has 3 aliphatic rings. The lowest BCUT2D eigenvalue weighted by molar-refractivity contribution is -0.295. The lowest BCUT2D eigenvalue weighted by atomic mass is 9.72. The molecule has 2 amide bonds. The maximum Gasteiger partial charge on any atom is 0.318 e. The number of fused-ring (bicyclic) bond motifs is 1. The Balaban J connectivity index is 1.43. The molecule has 1 unspecified atom stereocenters. The molecule has 5 rings (SSSR count). The Labute approximate surface area is 343 Å². The van der Waals surface area contributed by atoms with Crippen molar-refractivity contribution in [2.75, 3.05) is 27.7 Å². The highest BCUT2D eigenvalue weighted by Crippen LogP contribution is 2.41. The molecule has 15 heteroatoms. The highest BCUT2D eigenvalue weighted by atomic mass is 16.7. The molecule has 3 aliphatic heterocycles. The maximum absolute atomic E-state index is 14.7. The van der Waals surface area contributed by atoms with Crippen molar-refractivity contribution >= 4 is 23.6 Å². The third-order valence-corrected chi connectivity index (χ3v) is 13.0. The topological polar surface area (TPSA) is 175 Å². The molecule has 2 N–H and O–H groups in total. The number of aromatic nitrogens is 3. The van der Waals surface area contributed by atoms with E-state index in [1.807, 2.05) is 76.5 Å². The summed E-state index contributed by atoms with van der Waals surface area (Å²) in [4.78, 5) is 69.4. The first kappa shape index (κ1) is 45.3. The van der Waals surface area contributed by atoms with Crippen LogP contribution in [0.2, 0.25) is 0 Å². The molecule has 0 spiro atoms. The van der Waals surface area contributed by atoms with Crippen LogP contribution in [0.5, 0.6) is 0 Å². The molecule has 0 radical (unpaired) electrons. The zero-order valence-electron chi connectivity index (χ0n) is 36.2. The molecule has 0 aromatic carbocycles. The second-order valence-electron chi connectivity index (χ2n) is 17.5. The van der Waals surface area contributed by atoms with Gasteiger partial charge in [0, 0.05) is 68.1 Å². The SMILES string of the molecule is CC[C@H]1OC(=O)[C@H](C)C(=O)[C@H](C)[C@@H](O[C@@H]2O[C@H](C)C[C@H](N(C)C)[C@H]2O)[C@](C)(OC)C[C@@H](C)C(=O)[C@H](C)C2N(CCCCn3cnc(-c4cccnc4)c3)C(=O)N[C@@]21C. The summed E-state index contributed by atoms with van der Waals surface area (Å²) in [6.07, 6.45) is 5.38. The number of imidazole rings is 1. The molecule has 13 atom stereocenters. The number of Topliss-reactive ketones (excluding diaryl/α,β-unsaturated/α-hetero) is 2. The van der Waals surface area contributed by atoms with E-state index in [2.05, 4.69) is 15.3 Å². The average molecular weight is 811 g/mol. The third kappa shape index (κ3) is 9.33. The number of likely N-dealkylation sites (N-methyl/N-ethyl adjacent to an activating group) is 1. The zero-order chi connectivity index (χ0) is 42.7. The maximum atomic E-state index is 14.7. The molecule has 0 aliphatic carbocycles. The molecular formula is C43H66N6O9. The molecule has 58 heavy (non-hydrogen) atoms. The predicted molar refractivity (Wildman–Crippen MR) is 216 cm³/mol. The van der Waals surface area contributed by atoms with Gasteiger partial charge in [0.15, 0.2) is 12.1 Å². The van der Waals surface area contributed by atoms with Crippen LogP contribution >= 0.6 is 0 Å². The average Bonchev–Trinajstić information content (AvgIpc) is 3.78. The standard InChI is InChI=1S/C43H66N6O9/c1-12-33-43(8)37(49(41(54)46-43)19-14-13-18-48-23-31(45-24-48)30-16-15-17-44-22-30)27(4)34(50)25(2)21-42(7,55-11)38(28(5)35(51)29(6)39(53)57-33)58-40-36(52)32(47(9)10)20-26(3)56-40/h15-17,22-29,32-33,36-38,40,52H,12-14,18-21H2,1-11H3,(H,46,54)/t25-,26-,27+,28+,29-,32+,33-,36-,37?,38-,40+,42-,43-/m1/s1. The summed E-state index contributed by atoms with van der Waals surface area (Å²) in [5, 5.41) is 14.6. The number of hydrogen-bond acceptors (Lipinski definition) is 12. The van der Waals surface area contributed by atoms with E-state index in [0.717, 1.165) is 17.7 Å². The van der Waals surface area contributed by atoms with E-state index in [9.17, 15) is 24.3 Å². The van der Waals surface area contributed by atoms with Gasteiger partial charge in [0.25, 0.3) is 0 Å². The van der Waals surface area contributed by atoms with E-state index in [1.165, 1.54) is 14.0 Å². The number of aliphatic hydroxyl groups excluding tert-OH is 1. The van der Waals surface area contributed by atoms with E-state index < -0.39 is 77.2 Å². The number of aryl methyl sites for hydroxylation is 1. The molecule has 2 aromatic rings. The largest absolute Gasteiger partial charge is 0.459 e. The highest BCUT2D eigenvalue weighted by Gasteiger charge is 2.58. The molecule has 15 nitrogen and oxygen atoms in total. The van der Waals surface area contributed by atoms with Crippen molar-refractivity contribution in [3.8, 4) is 11.3 Å². The van der Waals surface area contributed by atoms with Gasteiger partial charge in [-0.2, -0.15) is 0 Å². The Hall–Kier alpha value is -3.76. The Bertz CT molecular complexity index is 1740. The van der Waals surface area contributed by atoms with Gasteiger partial charge in [-0.1, -0.05) is 27.7 Å². The minimum Gasteiger partial charge on any atom is -0.459 e. The second-order valence-corrected chi connectivity index (χ2v) is 17.5. The van der Waals surface area contributed by atoms with Crippen LogP contribution in [0.1, 0.15) is 87.5 Å². The first-order chi connectivity index (χ1) is 27.4. The van der Waals surface area contributed by atoms with Gasteiger partial charge in [-0.15, -0.1) is 0 Å². The van der Waals surface area contributed by atoms with Gasteiger partial charge in [-0.05, 0) is 86.0 Å². The lowest BCUT2D eigenvalue weighted by Crippen LogP contribution is -2.62. The Morgan fingerprint density at radius 1 is 1.03 bits per heavy atom. The van der Waals surface area contributed by atoms with Crippen molar-refractivity contribution in [3.05, 3.63) is 37.1 Å². The molecule has 3 saturated heterocycles. The summed E-state index contributed by atoms with van der Waals surface area (Å²) in [5.41, 5.74) is -0.654. The van der Waals surface area contributed by atoms with Crippen LogP contribution in [0.25, 0.3) is 11.3 Å². The van der Waals surface area contributed by atoms with Gasteiger partial charge in [-0.25, -0.2) is 9.78 Å². The molecule has 5 heterocycles. The van der Waals surface area contributed by atoms with Crippen LogP contribution in [0.4, 0.5) is 4.79 Å². The summed E-state index contributed by atoms with van der Waals surface area (Å²) in [7, 11) is 5.26. The molecular weight excluding hydrogens is 745 g/mol. The van der Waals surface area contributed by atoms with E-state index in [4.69, 9.17) is 18.9 Å². The van der Waals surface area contributed by atoms with Crippen LogP contribution in [0.15, 0.2) is 37.1 Å². The second kappa shape index (κ2) is 18.7. The van der Waals surface area contributed by atoms with Gasteiger partial charge in [-0.3, -0.25) is 19.4 Å². The number of rotatable bonds is 11.